The minimum Gasteiger partial charge on any atom is -0.390 e. The maximum Gasteiger partial charge on any atom is 0.0862 e. The van der Waals surface area contributed by atoms with Gasteiger partial charge in [0.2, 0.25) is 0 Å². The van der Waals surface area contributed by atoms with Crippen LogP contribution in [0.4, 0.5) is 0 Å². The van der Waals surface area contributed by atoms with Crippen LogP contribution in [0.3, 0.4) is 0 Å². The standard InChI is InChI=1S/C16H20ClN3O/c17-15-6-2-1-5-14(15)16-7-3-9-19(16)11-13(21)12-20-10-4-8-18-20/h1-2,4-6,8,10,13,16,21H,3,7,9,11-12H2/t13-,16-/m1/s1. The van der Waals surface area contributed by atoms with Crippen molar-refractivity contribution in [1.82, 2.24) is 14.7 Å². The monoisotopic (exact) mass is 305 g/mol. The van der Waals surface area contributed by atoms with Crippen molar-refractivity contribution < 1.29 is 5.11 Å². The highest BCUT2D eigenvalue weighted by Gasteiger charge is 2.28. The van der Waals surface area contributed by atoms with Crippen LogP contribution < -0.4 is 0 Å². The summed E-state index contributed by atoms with van der Waals surface area (Å²) in [6.07, 6.45) is 5.42. The first kappa shape index (κ1) is 14.6. The molecule has 0 aliphatic carbocycles. The number of halogens is 1. The van der Waals surface area contributed by atoms with Crippen molar-refractivity contribution in [3.05, 3.63) is 53.3 Å². The minimum atomic E-state index is -0.423. The zero-order valence-electron chi connectivity index (χ0n) is 11.9. The van der Waals surface area contributed by atoms with Crippen LogP contribution in [-0.2, 0) is 6.54 Å². The number of hydrogen-bond acceptors (Lipinski definition) is 3. The third-order valence-corrected chi connectivity index (χ3v) is 4.37. The lowest BCUT2D eigenvalue weighted by Crippen LogP contribution is -2.34. The first-order valence-electron chi connectivity index (χ1n) is 7.38. The predicted octanol–water partition coefficient (Wildman–Crippen LogP) is 2.73. The Morgan fingerprint density at radius 3 is 2.90 bits per heavy atom. The lowest BCUT2D eigenvalue weighted by molar-refractivity contribution is 0.0891. The van der Waals surface area contributed by atoms with Gasteiger partial charge in [0.05, 0.1) is 12.6 Å². The van der Waals surface area contributed by atoms with Crippen molar-refractivity contribution >= 4 is 11.6 Å². The van der Waals surface area contributed by atoms with Crippen LogP contribution in [0.2, 0.25) is 5.02 Å². The van der Waals surface area contributed by atoms with Crippen LogP contribution in [0.25, 0.3) is 0 Å². The lowest BCUT2D eigenvalue weighted by atomic mass is 10.0. The molecule has 2 aromatic rings. The molecule has 1 N–H and O–H groups in total. The van der Waals surface area contributed by atoms with Crippen LogP contribution in [-0.4, -0.2) is 39.0 Å². The Hall–Kier alpha value is -1.36. The molecule has 2 heterocycles. The largest absolute Gasteiger partial charge is 0.390 e. The molecule has 1 aliphatic heterocycles. The molecule has 1 aromatic carbocycles. The summed E-state index contributed by atoms with van der Waals surface area (Å²) in [5.41, 5.74) is 1.17. The zero-order chi connectivity index (χ0) is 14.7. The normalized spacial score (nSPS) is 20.8. The summed E-state index contributed by atoms with van der Waals surface area (Å²) in [7, 11) is 0. The van der Waals surface area contributed by atoms with Gasteiger partial charge in [0, 0.05) is 30.0 Å². The van der Waals surface area contributed by atoms with Gasteiger partial charge in [0.1, 0.15) is 0 Å². The average molecular weight is 306 g/mol. The van der Waals surface area contributed by atoms with E-state index in [1.165, 1.54) is 5.56 Å². The molecule has 0 unspecified atom stereocenters. The highest BCUT2D eigenvalue weighted by Crippen LogP contribution is 2.35. The third-order valence-electron chi connectivity index (χ3n) is 4.03. The fraction of sp³-hybridized carbons (Fsp3) is 0.438. The number of aromatic nitrogens is 2. The van der Waals surface area contributed by atoms with E-state index in [-0.39, 0.29) is 0 Å². The first-order chi connectivity index (χ1) is 10.2. The number of likely N-dealkylation sites (tertiary alicyclic amines) is 1. The van der Waals surface area contributed by atoms with Crippen molar-refractivity contribution in [3.8, 4) is 0 Å². The number of aliphatic hydroxyl groups excluding tert-OH is 1. The smallest absolute Gasteiger partial charge is 0.0862 e. The lowest BCUT2D eigenvalue weighted by Gasteiger charge is -2.27. The molecule has 21 heavy (non-hydrogen) atoms. The maximum atomic E-state index is 10.3. The fourth-order valence-corrected chi connectivity index (χ4v) is 3.36. The molecule has 2 atom stereocenters. The summed E-state index contributed by atoms with van der Waals surface area (Å²) in [6, 6.07) is 10.2. The number of hydrogen-bond donors (Lipinski definition) is 1. The summed E-state index contributed by atoms with van der Waals surface area (Å²) in [4.78, 5) is 2.33. The Morgan fingerprint density at radius 2 is 2.14 bits per heavy atom. The molecule has 0 saturated carbocycles. The molecule has 0 radical (unpaired) electrons. The van der Waals surface area contributed by atoms with Gasteiger partial charge in [-0.25, -0.2) is 0 Å². The summed E-state index contributed by atoms with van der Waals surface area (Å²) in [6.45, 7) is 2.18. The second-order valence-electron chi connectivity index (χ2n) is 5.56. The molecule has 112 valence electrons. The molecular formula is C16H20ClN3O. The molecule has 0 bridgehead atoms. The number of nitrogens with zero attached hydrogens (tertiary/aromatic N) is 3. The van der Waals surface area contributed by atoms with Crippen LogP contribution >= 0.6 is 11.6 Å². The maximum absolute atomic E-state index is 10.3. The van der Waals surface area contributed by atoms with E-state index in [1.54, 1.807) is 10.9 Å². The van der Waals surface area contributed by atoms with E-state index in [9.17, 15) is 5.11 Å². The quantitative estimate of drug-likeness (QED) is 0.923. The Bertz CT molecular complexity index is 573. The van der Waals surface area contributed by atoms with Gasteiger partial charge in [0.15, 0.2) is 0 Å². The Kier molecular flexibility index (Phi) is 4.58. The molecule has 4 nitrogen and oxygen atoms in total. The van der Waals surface area contributed by atoms with Gasteiger partial charge in [-0.1, -0.05) is 29.8 Å². The highest BCUT2D eigenvalue weighted by molar-refractivity contribution is 6.31. The Labute approximate surface area is 130 Å². The Morgan fingerprint density at radius 1 is 1.29 bits per heavy atom. The number of rotatable bonds is 5. The van der Waals surface area contributed by atoms with Gasteiger partial charge >= 0.3 is 0 Å². The van der Waals surface area contributed by atoms with Gasteiger partial charge in [-0.2, -0.15) is 5.10 Å². The number of benzene rings is 1. The van der Waals surface area contributed by atoms with Gasteiger partial charge in [0.25, 0.3) is 0 Å². The number of β-amino-alcohol motifs (C(OH)–C–C–N with tert-alkyl or cyclic N) is 1. The summed E-state index contributed by atoms with van der Waals surface area (Å²) >= 11 is 6.32. The van der Waals surface area contributed by atoms with Crippen LogP contribution in [0.15, 0.2) is 42.7 Å². The topological polar surface area (TPSA) is 41.3 Å². The van der Waals surface area contributed by atoms with Crippen molar-refractivity contribution in [2.75, 3.05) is 13.1 Å². The minimum absolute atomic E-state index is 0.311. The van der Waals surface area contributed by atoms with Crippen molar-refractivity contribution in [2.45, 2.75) is 31.5 Å². The molecule has 1 aromatic heterocycles. The van der Waals surface area contributed by atoms with Crippen molar-refractivity contribution in [2.24, 2.45) is 0 Å². The number of aliphatic hydroxyl groups is 1. The zero-order valence-corrected chi connectivity index (χ0v) is 12.7. The SMILES string of the molecule is O[C@H](CN1CCC[C@@H]1c1ccccc1Cl)Cn1cccn1. The van der Waals surface area contributed by atoms with Gasteiger partial charge in [-0.3, -0.25) is 9.58 Å². The van der Waals surface area contributed by atoms with E-state index in [1.807, 2.05) is 30.5 Å². The van der Waals surface area contributed by atoms with E-state index in [0.717, 1.165) is 24.4 Å². The molecule has 1 saturated heterocycles. The van der Waals surface area contributed by atoms with Gasteiger partial charge < -0.3 is 5.11 Å². The fourth-order valence-electron chi connectivity index (χ4n) is 3.10. The molecule has 0 amide bonds. The van der Waals surface area contributed by atoms with E-state index >= 15 is 0 Å². The molecular weight excluding hydrogens is 286 g/mol. The van der Waals surface area contributed by atoms with E-state index in [4.69, 9.17) is 11.6 Å². The van der Waals surface area contributed by atoms with Crippen molar-refractivity contribution in [3.63, 3.8) is 0 Å². The highest BCUT2D eigenvalue weighted by atomic mass is 35.5. The molecule has 3 rings (SSSR count). The van der Waals surface area contributed by atoms with Crippen molar-refractivity contribution in [1.29, 1.82) is 0 Å². The summed E-state index contributed by atoms with van der Waals surface area (Å²) in [5, 5.41) is 15.2. The van der Waals surface area contributed by atoms with Crippen LogP contribution in [0, 0.1) is 0 Å². The second kappa shape index (κ2) is 6.60. The van der Waals surface area contributed by atoms with Gasteiger partial charge in [-0.05, 0) is 37.1 Å². The summed E-state index contributed by atoms with van der Waals surface area (Å²) in [5.74, 6) is 0. The first-order valence-corrected chi connectivity index (χ1v) is 7.76. The van der Waals surface area contributed by atoms with E-state index < -0.39 is 6.10 Å². The summed E-state index contributed by atoms with van der Waals surface area (Å²) < 4.78 is 1.77. The van der Waals surface area contributed by atoms with E-state index in [2.05, 4.69) is 16.1 Å². The second-order valence-corrected chi connectivity index (χ2v) is 5.96. The Balaban J connectivity index is 1.65. The van der Waals surface area contributed by atoms with Crippen LogP contribution in [0.5, 0.6) is 0 Å². The van der Waals surface area contributed by atoms with Gasteiger partial charge in [-0.15, -0.1) is 0 Å². The average Bonchev–Trinajstić information content (AvgIpc) is 3.11. The third kappa shape index (κ3) is 3.46. The molecule has 1 fully saturated rings. The molecule has 5 heteroatoms. The molecule has 0 spiro atoms. The molecule has 1 aliphatic rings. The van der Waals surface area contributed by atoms with E-state index in [0.29, 0.717) is 19.1 Å². The van der Waals surface area contributed by atoms with Crippen LogP contribution in [0.1, 0.15) is 24.4 Å². The predicted molar refractivity (Wildman–Crippen MR) is 83.2 cm³/mol.